The monoisotopic (exact) mass is 338 g/mol. The van der Waals surface area contributed by atoms with E-state index in [9.17, 15) is 4.79 Å². The summed E-state index contributed by atoms with van der Waals surface area (Å²) in [5.41, 5.74) is 2.63. The van der Waals surface area contributed by atoms with Crippen molar-refractivity contribution in [2.75, 3.05) is 26.2 Å². The molecule has 0 atom stereocenters. The van der Waals surface area contributed by atoms with Crippen LogP contribution in [0.1, 0.15) is 31.2 Å². The molecule has 1 aromatic heterocycles. The highest BCUT2D eigenvalue weighted by atomic mass is 16.2. The van der Waals surface area contributed by atoms with Gasteiger partial charge in [0.2, 0.25) is 5.91 Å². The third kappa shape index (κ3) is 3.61. The highest BCUT2D eigenvalue weighted by molar-refractivity contribution is 5.76. The number of hydrogen-bond acceptors (Lipinski definition) is 3. The van der Waals surface area contributed by atoms with Crippen molar-refractivity contribution < 1.29 is 4.79 Å². The van der Waals surface area contributed by atoms with E-state index in [1.807, 2.05) is 47.4 Å². The molecule has 0 unspecified atom stereocenters. The lowest BCUT2D eigenvalue weighted by Crippen LogP contribution is -2.44. The molecule has 2 aliphatic rings. The first kappa shape index (κ1) is 16.3. The van der Waals surface area contributed by atoms with E-state index in [1.165, 1.54) is 6.42 Å². The summed E-state index contributed by atoms with van der Waals surface area (Å²) in [6.07, 6.45) is 8.80. The lowest BCUT2D eigenvalue weighted by Gasteiger charge is -2.39. The van der Waals surface area contributed by atoms with Crippen LogP contribution in [0.2, 0.25) is 0 Å². The third-order valence-electron chi connectivity index (χ3n) is 5.79. The fraction of sp³-hybridized carbons (Fsp3) is 0.500. The van der Waals surface area contributed by atoms with Crippen LogP contribution in [0.5, 0.6) is 0 Å². The predicted octanol–water partition coefficient (Wildman–Crippen LogP) is 2.41. The number of likely N-dealkylation sites (tertiary alicyclic amines) is 1. The van der Waals surface area contributed by atoms with Gasteiger partial charge in [-0.3, -0.25) is 4.79 Å². The number of aromatic nitrogens is 2. The van der Waals surface area contributed by atoms with Gasteiger partial charge in [0, 0.05) is 32.3 Å². The smallest absolute Gasteiger partial charge is 0.222 e. The van der Waals surface area contributed by atoms with Crippen LogP contribution >= 0.6 is 0 Å². The number of benzene rings is 1. The zero-order valence-electron chi connectivity index (χ0n) is 14.7. The molecule has 1 N–H and O–H groups in total. The highest BCUT2D eigenvalue weighted by Gasteiger charge is 2.37. The molecule has 1 spiro atoms. The van der Waals surface area contributed by atoms with Crippen molar-refractivity contribution in [1.82, 2.24) is 20.0 Å². The molecule has 4 rings (SSSR count). The van der Waals surface area contributed by atoms with Crippen LogP contribution in [0.4, 0.5) is 0 Å². The molecule has 132 valence electrons. The van der Waals surface area contributed by atoms with E-state index in [2.05, 4.69) is 15.3 Å². The van der Waals surface area contributed by atoms with Gasteiger partial charge in [0.25, 0.3) is 0 Å². The Morgan fingerprint density at radius 3 is 2.68 bits per heavy atom. The second-order valence-corrected chi connectivity index (χ2v) is 7.44. The lowest BCUT2D eigenvalue weighted by molar-refractivity contribution is -0.133. The van der Waals surface area contributed by atoms with Gasteiger partial charge in [0.05, 0.1) is 11.9 Å². The molecule has 0 radical (unpaired) electrons. The van der Waals surface area contributed by atoms with Crippen LogP contribution in [0.15, 0.2) is 42.7 Å². The fourth-order valence-electron chi connectivity index (χ4n) is 4.07. The van der Waals surface area contributed by atoms with Crippen molar-refractivity contribution in [3.05, 3.63) is 48.3 Å². The van der Waals surface area contributed by atoms with Crippen molar-refractivity contribution in [3.8, 4) is 5.69 Å². The summed E-state index contributed by atoms with van der Waals surface area (Å²) in [5.74, 6) is 0.285. The normalized spacial score (nSPS) is 19.4. The van der Waals surface area contributed by atoms with Crippen LogP contribution in [0, 0.1) is 5.41 Å². The number of para-hydroxylation sites is 1. The van der Waals surface area contributed by atoms with Gasteiger partial charge in [0.15, 0.2) is 0 Å². The third-order valence-corrected chi connectivity index (χ3v) is 5.79. The van der Waals surface area contributed by atoms with Crippen LogP contribution in [-0.2, 0) is 11.2 Å². The lowest BCUT2D eigenvalue weighted by atomic mass is 9.78. The van der Waals surface area contributed by atoms with E-state index < -0.39 is 0 Å². The van der Waals surface area contributed by atoms with Gasteiger partial charge < -0.3 is 10.2 Å². The summed E-state index contributed by atoms with van der Waals surface area (Å²) in [5, 5.41) is 7.89. The van der Waals surface area contributed by atoms with Gasteiger partial charge in [-0.1, -0.05) is 18.2 Å². The van der Waals surface area contributed by atoms with Crippen LogP contribution in [-0.4, -0.2) is 46.8 Å². The van der Waals surface area contributed by atoms with Gasteiger partial charge in [-0.2, -0.15) is 5.10 Å². The minimum Gasteiger partial charge on any atom is -0.343 e. The maximum absolute atomic E-state index is 12.5. The number of nitrogens with one attached hydrogen (secondary N) is 1. The van der Waals surface area contributed by atoms with Crippen LogP contribution in [0.3, 0.4) is 0 Å². The number of nitrogens with zero attached hydrogens (tertiary/aromatic N) is 3. The average molecular weight is 338 g/mol. The first-order chi connectivity index (χ1) is 12.2. The molecule has 1 aromatic carbocycles. The number of amides is 1. The number of rotatable bonds is 4. The molecule has 0 bridgehead atoms. The molecular formula is C20H26N4O. The van der Waals surface area contributed by atoms with Crippen molar-refractivity contribution in [1.29, 1.82) is 0 Å². The predicted molar refractivity (Wildman–Crippen MR) is 97.6 cm³/mol. The van der Waals surface area contributed by atoms with Crippen molar-refractivity contribution in [2.45, 2.75) is 32.1 Å². The zero-order chi connectivity index (χ0) is 17.1. The SMILES string of the molecule is O=C(CCc1cnn(-c2ccccc2)c1)N1CCC2(CCNC2)CC1. The Bertz CT molecular complexity index is 708. The minimum atomic E-state index is 0.285. The van der Waals surface area contributed by atoms with E-state index in [1.54, 1.807) is 0 Å². The Kier molecular flexibility index (Phi) is 4.57. The van der Waals surface area contributed by atoms with Crippen molar-refractivity contribution in [2.24, 2.45) is 5.41 Å². The molecule has 2 aromatic rings. The summed E-state index contributed by atoms with van der Waals surface area (Å²) >= 11 is 0. The second-order valence-electron chi connectivity index (χ2n) is 7.44. The van der Waals surface area contributed by atoms with Gasteiger partial charge in [0.1, 0.15) is 0 Å². The minimum absolute atomic E-state index is 0.285. The molecule has 5 heteroatoms. The molecule has 25 heavy (non-hydrogen) atoms. The second kappa shape index (κ2) is 7.00. The Morgan fingerprint density at radius 2 is 1.96 bits per heavy atom. The molecule has 3 heterocycles. The number of piperidine rings is 1. The summed E-state index contributed by atoms with van der Waals surface area (Å²) < 4.78 is 1.87. The van der Waals surface area contributed by atoms with Crippen LogP contribution < -0.4 is 5.32 Å². The Balaban J connectivity index is 1.29. The first-order valence-corrected chi connectivity index (χ1v) is 9.32. The standard InChI is InChI=1S/C20H26N4O/c25-19(23-12-9-20(10-13-23)8-11-21-16-20)7-6-17-14-22-24(15-17)18-4-2-1-3-5-18/h1-5,14-15,21H,6-13,16H2. The summed E-state index contributed by atoms with van der Waals surface area (Å²) in [6, 6.07) is 10.1. The molecule has 2 fully saturated rings. The van der Waals surface area contributed by atoms with Gasteiger partial charge in [-0.15, -0.1) is 0 Å². The van der Waals surface area contributed by atoms with Gasteiger partial charge in [-0.25, -0.2) is 4.68 Å². The quantitative estimate of drug-likeness (QED) is 0.931. The molecule has 5 nitrogen and oxygen atoms in total. The average Bonchev–Trinajstić information content (AvgIpc) is 3.31. The molecule has 1 amide bonds. The summed E-state index contributed by atoms with van der Waals surface area (Å²) in [4.78, 5) is 14.6. The van der Waals surface area contributed by atoms with Crippen molar-refractivity contribution >= 4 is 5.91 Å². The van der Waals surface area contributed by atoms with Gasteiger partial charge >= 0.3 is 0 Å². The zero-order valence-corrected chi connectivity index (χ0v) is 14.7. The number of carbonyl (C=O) groups is 1. The highest BCUT2D eigenvalue weighted by Crippen LogP contribution is 2.37. The molecule has 0 saturated carbocycles. The van der Waals surface area contributed by atoms with E-state index in [4.69, 9.17) is 0 Å². The summed E-state index contributed by atoms with van der Waals surface area (Å²) in [6.45, 7) is 4.11. The van der Waals surface area contributed by atoms with E-state index in [0.717, 1.165) is 56.7 Å². The molecule has 2 saturated heterocycles. The van der Waals surface area contributed by atoms with Gasteiger partial charge in [-0.05, 0) is 55.3 Å². The van der Waals surface area contributed by atoms with Crippen molar-refractivity contribution in [3.63, 3.8) is 0 Å². The fourth-order valence-corrected chi connectivity index (χ4v) is 4.07. The Hall–Kier alpha value is -2.14. The van der Waals surface area contributed by atoms with E-state index >= 15 is 0 Å². The molecule has 2 aliphatic heterocycles. The maximum Gasteiger partial charge on any atom is 0.222 e. The van der Waals surface area contributed by atoms with Crippen LogP contribution in [0.25, 0.3) is 5.69 Å². The summed E-state index contributed by atoms with van der Waals surface area (Å²) in [7, 11) is 0. The number of aryl methyl sites for hydroxylation is 1. The Morgan fingerprint density at radius 1 is 1.16 bits per heavy atom. The van der Waals surface area contributed by atoms with E-state index in [0.29, 0.717) is 11.8 Å². The van der Waals surface area contributed by atoms with E-state index in [-0.39, 0.29) is 5.91 Å². The number of hydrogen-bond donors (Lipinski definition) is 1. The largest absolute Gasteiger partial charge is 0.343 e. The molecule has 0 aliphatic carbocycles. The maximum atomic E-state index is 12.5. The first-order valence-electron chi connectivity index (χ1n) is 9.32. The Labute approximate surface area is 149 Å². The molecular weight excluding hydrogens is 312 g/mol. The topological polar surface area (TPSA) is 50.2 Å². The number of carbonyl (C=O) groups excluding carboxylic acids is 1.